The van der Waals surface area contributed by atoms with Gasteiger partial charge in [-0.1, -0.05) is 24.6 Å². The molecule has 1 N–H and O–H groups in total. The maximum absolute atomic E-state index is 14.0. The van der Waals surface area contributed by atoms with Gasteiger partial charge in [0.1, 0.15) is 5.82 Å². The van der Waals surface area contributed by atoms with Crippen LogP contribution in [0.1, 0.15) is 30.5 Å². The lowest BCUT2D eigenvalue weighted by Crippen LogP contribution is -2.24. The summed E-state index contributed by atoms with van der Waals surface area (Å²) in [5.41, 5.74) is 1.73. The first-order valence-electron chi connectivity index (χ1n) is 6.51. The third kappa shape index (κ3) is 3.82. The summed E-state index contributed by atoms with van der Waals surface area (Å²) in [4.78, 5) is 0. The largest absolute Gasteiger partial charge is 0.310 e. The molecule has 1 atom stereocenters. The van der Waals surface area contributed by atoms with E-state index < -0.39 is 0 Å². The van der Waals surface area contributed by atoms with Crippen LogP contribution in [-0.4, -0.2) is 6.54 Å². The Morgan fingerprint density at radius 2 is 2.20 bits per heavy atom. The van der Waals surface area contributed by atoms with E-state index in [1.165, 1.54) is 6.07 Å². The summed E-state index contributed by atoms with van der Waals surface area (Å²) in [6, 6.07) is 4.89. The molecular formula is C15H16BrClFNS. The van der Waals surface area contributed by atoms with Gasteiger partial charge in [0.05, 0.1) is 0 Å². The van der Waals surface area contributed by atoms with Gasteiger partial charge in [0.15, 0.2) is 0 Å². The Morgan fingerprint density at radius 3 is 2.80 bits per heavy atom. The summed E-state index contributed by atoms with van der Waals surface area (Å²) in [7, 11) is 0. The third-order valence-electron chi connectivity index (χ3n) is 3.13. The van der Waals surface area contributed by atoms with Crippen molar-refractivity contribution in [2.45, 2.75) is 25.8 Å². The minimum Gasteiger partial charge on any atom is -0.310 e. The van der Waals surface area contributed by atoms with E-state index in [2.05, 4.69) is 33.6 Å². The highest BCUT2D eigenvalue weighted by molar-refractivity contribution is 9.10. The lowest BCUT2D eigenvalue weighted by atomic mass is 10.0. The lowest BCUT2D eigenvalue weighted by molar-refractivity contribution is 0.513. The zero-order chi connectivity index (χ0) is 14.5. The van der Waals surface area contributed by atoms with E-state index in [-0.39, 0.29) is 11.9 Å². The average molecular weight is 377 g/mol. The number of hydrogen-bond acceptors (Lipinski definition) is 2. The van der Waals surface area contributed by atoms with Crippen LogP contribution in [0.2, 0.25) is 5.02 Å². The zero-order valence-corrected chi connectivity index (χ0v) is 14.3. The molecule has 108 valence electrons. The van der Waals surface area contributed by atoms with Gasteiger partial charge in [-0.05, 0) is 58.4 Å². The third-order valence-corrected chi connectivity index (χ3v) is 5.23. The molecule has 1 aromatic carbocycles. The number of halogens is 3. The van der Waals surface area contributed by atoms with Crippen molar-refractivity contribution < 1.29 is 4.39 Å². The number of thiophene rings is 1. The molecule has 20 heavy (non-hydrogen) atoms. The normalized spacial score (nSPS) is 12.6. The SMILES string of the molecule is CCCNC(Cc1c(F)cccc1Cl)c1cscc1Br. The van der Waals surface area contributed by atoms with Crippen LogP contribution in [0.4, 0.5) is 4.39 Å². The van der Waals surface area contributed by atoms with Gasteiger partial charge in [0, 0.05) is 26.5 Å². The van der Waals surface area contributed by atoms with Gasteiger partial charge in [-0.3, -0.25) is 0 Å². The standard InChI is InChI=1S/C15H16BrClFNS/c1-2-6-19-15(11-8-20-9-12(11)16)7-10-13(17)4-3-5-14(10)18/h3-5,8-9,15,19H,2,6-7H2,1H3. The number of benzene rings is 1. The molecule has 0 saturated heterocycles. The highest BCUT2D eigenvalue weighted by Crippen LogP contribution is 2.32. The van der Waals surface area contributed by atoms with Crippen molar-refractivity contribution in [1.82, 2.24) is 5.32 Å². The summed E-state index contributed by atoms with van der Waals surface area (Å²) in [6.07, 6.45) is 1.57. The van der Waals surface area contributed by atoms with E-state index in [0.717, 1.165) is 23.0 Å². The molecule has 0 fully saturated rings. The van der Waals surface area contributed by atoms with Crippen molar-refractivity contribution in [3.63, 3.8) is 0 Å². The first-order valence-corrected chi connectivity index (χ1v) is 8.62. The van der Waals surface area contributed by atoms with Crippen LogP contribution < -0.4 is 5.32 Å². The van der Waals surface area contributed by atoms with E-state index >= 15 is 0 Å². The van der Waals surface area contributed by atoms with Crippen LogP contribution in [0.3, 0.4) is 0 Å². The summed E-state index contributed by atoms with van der Waals surface area (Å²) < 4.78 is 15.0. The molecule has 0 saturated carbocycles. The van der Waals surface area contributed by atoms with Gasteiger partial charge in [-0.2, -0.15) is 11.3 Å². The van der Waals surface area contributed by atoms with Crippen LogP contribution in [0, 0.1) is 5.82 Å². The van der Waals surface area contributed by atoms with E-state index in [1.54, 1.807) is 23.5 Å². The zero-order valence-electron chi connectivity index (χ0n) is 11.1. The molecule has 5 heteroatoms. The maximum Gasteiger partial charge on any atom is 0.127 e. The summed E-state index contributed by atoms with van der Waals surface area (Å²) >= 11 is 11.3. The van der Waals surface area contributed by atoms with Crippen molar-refractivity contribution in [3.8, 4) is 0 Å². The van der Waals surface area contributed by atoms with Crippen molar-refractivity contribution in [2.24, 2.45) is 0 Å². The average Bonchev–Trinajstić information content (AvgIpc) is 2.84. The minimum atomic E-state index is -0.243. The van der Waals surface area contributed by atoms with E-state index in [4.69, 9.17) is 11.6 Å². The molecule has 0 aliphatic carbocycles. The van der Waals surface area contributed by atoms with Crippen LogP contribution in [-0.2, 0) is 6.42 Å². The predicted octanol–water partition coefficient (Wildman–Crippen LogP) is 5.59. The van der Waals surface area contributed by atoms with Gasteiger partial charge in [0.2, 0.25) is 0 Å². The second-order valence-electron chi connectivity index (χ2n) is 4.59. The Bertz CT molecular complexity index is 553. The number of hydrogen-bond donors (Lipinski definition) is 1. The molecule has 1 heterocycles. The van der Waals surface area contributed by atoms with E-state index in [1.807, 2.05) is 5.38 Å². The minimum absolute atomic E-state index is 0.0602. The van der Waals surface area contributed by atoms with Crippen LogP contribution in [0.15, 0.2) is 33.4 Å². The quantitative estimate of drug-likeness (QED) is 0.693. The molecule has 1 unspecified atom stereocenters. The summed E-state index contributed by atoms with van der Waals surface area (Å²) in [5, 5.41) is 8.08. The molecule has 0 amide bonds. The molecule has 0 aliphatic heterocycles. The fourth-order valence-electron chi connectivity index (χ4n) is 2.08. The van der Waals surface area contributed by atoms with Gasteiger partial charge in [-0.15, -0.1) is 0 Å². The van der Waals surface area contributed by atoms with Gasteiger partial charge in [0.25, 0.3) is 0 Å². The molecule has 0 bridgehead atoms. The van der Waals surface area contributed by atoms with Crippen molar-refractivity contribution in [2.75, 3.05) is 6.54 Å². The van der Waals surface area contributed by atoms with E-state index in [9.17, 15) is 4.39 Å². The second kappa shape index (κ2) is 7.55. The second-order valence-corrected chi connectivity index (χ2v) is 6.59. The van der Waals surface area contributed by atoms with Crippen molar-refractivity contribution in [1.29, 1.82) is 0 Å². The van der Waals surface area contributed by atoms with Crippen LogP contribution >= 0.6 is 38.9 Å². The Morgan fingerprint density at radius 1 is 1.40 bits per heavy atom. The Labute approximate surface area is 136 Å². The predicted molar refractivity (Wildman–Crippen MR) is 88.2 cm³/mol. The highest BCUT2D eigenvalue weighted by Gasteiger charge is 2.18. The molecule has 1 aromatic heterocycles. The molecular weight excluding hydrogens is 361 g/mol. The first-order chi connectivity index (χ1) is 9.63. The molecule has 0 spiro atoms. The molecule has 0 aliphatic rings. The van der Waals surface area contributed by atoms with Crippen molar-refractivity contribution >= 4 is 38.9 Å². The smallest absolute Gasteiger partial charge is 0.127 e. The monoisotopic (exact) mass is 375 g/mol. The lowest BCUT2D eigenvalue weighted by Gasteiger charge is -2.19. The fourth-order valence-corrected chi connectivity index (χ4v) is 3.95. The highest BCUT2D eigenvalue weighted by atomic mass is 79.9. The van der Waals surface area contributed by atoms with Crippen LogP contribution in [0.25, 0.3) is 0 Å². The summed E-state index contributed by atoms with van der Waals surface area (Å²) in [5.74, 6) is -0.243. The van der Waals surface area contributed by atoms with E-state index in [0.29, 0.717) is 17.0 Å². The first kappa shape index (κ1) is 16.0. The Kier molecular flexibility index (Phi) is 6.02. The maximum atomic E-state index is 14.0. The Balaban J connectivity index is 2.26. The van der Waals surface area contributed by atoms with Gasteiger partial charge in [-0.25, -0.2) is 4.39 Å². The van der Waals surface area contributed by atoms with Crippen LogP contribution in [0.5, 0.6) is 0 Å². The fraction of sp³-hybridized carbons (Fsp3) is 0.333. The van der Waals surface area contributed by atoms with Crippen molar-refractivity contribution in [3.05, 3.63) is 55.4 Å². The number of rotatable bonds is 6. The Hall–Kier alpha value is -0.420. The molecule has 0 radical (unpaired) electrons. The molecule has 2 rings (SSSR count). The molecule has 2 aromatic rings. The van der Waals surface area contributed by atoms with Gasteiger partial charge < -0.3 is 5.32 Å². The van der Waals surface area contributed by atoms with Gasteiger partial charge >= 0.3 is 0 Å². The molecule has 1 nitrogen and oxygen atoms in total. The summed E-state index contributed by atoms with van der Waals surface area (Å²) in [6.45, 7) is 3.00. The topological polar surface area (TPSA) is 12.0 Å². The number of nitrogens with one attached hydrogen (secondary N) is 1.